The molecule has 0 aromatic carbocycles. The molecule has 0 aromatic heterocycles. The van der Waals surface area contributed by atoms with Crippen LogP contribution in [0.25, 0.3) is 0 Å². The Hall–Kier alpha value is -0.330. The normalized spacial score (nSPS) is 26.8. The summed E-state index contributed by atoms with van der Waals surface area (Å²) in [6.45, 7) is 0.409. The summed E-state index contributed by atoms with van der Waals surface area (Å²) in [6, 6.07) is -1.50. The maximum Gasteiger partial charge on any atom is 0.404 e. The molecule has 0 aliphatic carbocycles. The van der Waals surface area contributed by atoms with Crippen molar-refractivity contribution in [1.29, 1.82) is 0 Å². The van der Waals surface area contributed by atoms with Crippen molar-refractivity contribution in [3.63, 3.8) is 0 Å². The Morgan fingerprint density at radius 3 is 2.50 bits per heavy atom. The fourth-order valence-corrected chi connectivity index (χ4v) is 1.76. The van der Waals surface area contributed by atoms with Gasteiger partial charge in [0, 0.05) is 13.1 Å². The van der Waals surface area contributed by atoms with E-state index in [1.165, 1.54) is 4.90 Å². The van der Waals surface area contributed by atoms with Gasteiger partial charge in [-0.2, -0.15) is 13.2 Å². The van der Waals surface area contributed by atoms with Gasteiger partial charge in [-0.05, 0) is 19.4 Å². The van der Waals surface area contributed by atoms with Crippen molar-refractivity contribution in [2.75, 3.05) is 19.6 Å². The number of likely N-dealkylation sites (tertiary alicyclic amines) is 1. The Kier molecular flexibility index (Phi) is 3.74. The van der Waals surface area contributed by atoms with E-state index in [9.17, 15) is 13.2 Å². The third-order valence-electron chi connectivity index (χ3n) is 2.45. The third kappa shape index (κ3) is 2.83. The molecular weight excluding hydrogens is 197 g/mol. The Bertz CT molecular complexity index is 186. The van der Waals surface area contributed by atoms with Crippen LogP contribution in [0.3, 0.4) is 0 Å². The summed E-state index contributed by atoms with van der Waals surface area (Å²) >= 11 is 0. The number of halogens is 3. The zero-order valence-electron chi connectivity index (χ0n) is 7.80. The summed E-state index contributed by atoms with van der Waals surface area (Å²) in [5.41, 5.74) is 5.14. The fraction of sp³-hybridized carbons (Fsp3) is 1.00. The van der Waals surface area contributed by atoms with Gasteiger partial charge in [-0.3, -0.25) is 4.90 Å². The first kappa shape index (κ1) is 11.7. The minimum atomic E-state index is -4.25. The molecule has 2 atom stereocenters. The number of nitrogens with two attached hydrogens (primary N) is 1. The number of hydrogen-bond acceptors (Lipinski definition) is 3. The Morgan fingerprint density at radius 2 is 2.14 bits per heavy atom. The molecule has 0 amide bonds. The molecule has 0 aromatic rings. The summed E-state index contributed by atoms with van der Waals surface area (Å²) in [5, 5.41) is 9.14. The minimum absolute atomic E-state index is 0.0107. The second-order valence-corrected chi connectivity index (χ2v) is 3.57. The molecule has 1 fully saturated rings. The van der Waals surface area contributed by atoms with Crippen LogP contribution in [0.4, 0.5) is 13.2 Å². The predicted octanol–water partition coefficient (Wildman–Crippen LogP) is 0.333. The lowest BCUT2D eigenvalue weighted by atomic mass is 10.2. The Balaban J connectivity index is 2.59. The highest BCUT2D eigenvalue weighted by Crippen LogP contribution is 2.29. The second kappa shape index (κ2) is 4.46. The molecule has 1 saturated heterocycles. The van der Waals surface area contributed by atoms with E-state index < -0.39 is 18.3 Å². The first-order chi connectivity index (χ1) is 6.45. The van der Waals surface area contributed by atoms with Crippen LogP contribution < -0.4 is 5.73 Å². The summed E-state index contributed by atoms with van der Waals surface area (Å²) in [5.74, 6) is 0. The highest BCUT2D eigenvalue weighted by Gasteiger charge is 2.44. The van der Waals surface area contributed by atoms with Gasteiger partial charge < -0.3 is 10.8 Å². The lowest BCUT2D eigenvalue weighted by Crippen LogP contribution is -2.46. The van der Waals surface area contributed by atoms with Gasteiger partial charge in [0.2, 0.25) is 0 Å². The van der Waals surface area contributed by atoms with E-state index in [2.05, 4.69) is 0 Å². The monoisotopic (exact) mass is 212 g/mol. The van der Waals surface area contributed by atoms with Gasteiger partial charge in [-0.25, -0.2) is 0 Å². The molecule has 1 aliphatic heterocycles. The van der Waals surface area contributed by atoms with Crippen molar-refractivity contribution < 1.29 is 18.3 Å². The predicted molar refractivity (Wildman–Crippen MR) is 45.7 cm³/mol. The second-order valence-electron chi connectivity index (χ2n) is 3.57. The molecule has 0 bridgehead atoms. The van der Waals surface area contributed by atoms with Crippen LogP contribution in [0.1, 0.15) is 12.8 Å². The van der Waals surface area contributed by atoms with Gasteiger partial charge in [0.05, 0.1) is 6.10 Å². The van der Waals surface area contributed by atoms with Crippen LogP contribution in [0.5, 0.6) is 0 Å². The molecule has 14 heavy (non-hydrogen) atoms. The van der Waals surface area contributed by atoms with Crippen molar-refractivity contribution in [2.24, 2.45) is 5.73 Å². The molecule has 0 saturated carbocycles. The highest BCUT2D eigenvalue weighted by atomic mass is 19.4. The topological polar surface area (TPSA) is 49.5 Å². The molecule has 84 valence electrons. The average molecular weight is 212 g/mol. The number of aliphatic hydroxyl groups excluding tert-OH is 1. The van der Waals surface area contributed by atoms with Gasteiger partial charge in [0.15, 0.2) is 0 Å². The van der Waals surface area contributed by atoms with Crippen molar-refractivity contribution in [2.45, 2.75) is 31.2 Å². The maximum absolute atomic E-state index is 12.5. The smallest absolute Gasteiger partial charge is 0.392 e. The molecule has 6 heteroatoms. The van der Waals surface area contributed by atoms with E-state index in [1.54, 1.807) is 0 Å². The molecular formula is C8H15F3N2O. The van der Waals surface area contributed by atoms with Crippen LogP contribution >= 0.6 is 0 Å². The van der Waals surface area contributed by atoms with Crippen molar-refractivity contribution in [3.8, 4) is 0 Å². The SMILES string of the molecule is NCCC(N1CCC(O)C1)C(F)(F)F. The summed E-state index contributed by atoms with van der Waals surface area (Å²) in [6.07, 6.45) is -4.56. The van der Waals surface area contributed by atoms with E-state index >= 15 is 0 Å². The van der Waals surface area contributed by atoms with Crippen molar-refractivity contribution in [1.82, 2.24) is 4.90 Å². The number of nitrogens with zero attached hydrogens (tertiary/aromatic N) is 1. The molecule has 0 spiro atoms. The van der Waals surface area contributed by atoms with Crippen LogP contribution in [-0.4, -0.2) is 48.0 Å². The lowest BCUT2D eigenvalue weighted by molar-refractivity contribution is -0.182. The largest absolute Gasteiger partial charge is 0.404 e. The van der Waals surface area contributed by atoms with Gasteiger partial charge in [0.1, 0.15) is 6.04 Å². The third-order valence-corrected chi connectivity index (χ3v) is 2.45. The summed E-state index contributed by atoms with van der Waals surface area (Å²) < 4.78 is 37.5. The van der Waals surface area contributed by atoms with E-state index in [0.29, 0.717) is 13.0 Å². The van der Waals surface area contributed by atoms with Gasteiger partial charge >= 0.3 is 6.18 Å². The van der Waals surface area contributed by atoms with E-state index in [0.717, 1.165) is 0 Å². The van der Waals surface area contributed by atoms with Crippen LogP contribution in [0.2, 0.25) is 0 Å². The zero-order chi connectivity index (χ0) is 10.8. The lowest BCUT2D eigenvalue weighted by Gasteiger charge is -2.29. The minimum Gasteiger partial charge on any atom is -0.392 e. The first-order valence-corrected chi connectivity index (χ1v) is 4.64. The first-order valence-electron chi connectivity index (χ1n) is 4.64. The Morgan fingerprint density at radius 1 is 1.50 bits per heavy atom. The molecule has 1 heterocycles. The molecule has 3 nitrogen and oxygen atoms in total. The van der Waals surface area contributed by atoms with Gasteiger partial charge in [-0.15, -0.1) is 0 Å². The summed E-state index contributed by atoms with van der Waals surface area (Å²) in [4.78, 5) is 1.26. The van der Waals surface area contributed by atoms with Crippen LogP contribution in [0, 0.1) is 0 Å². The molecule has 0 radical (unpaired) electrons. The number of β-amino-alcohol motifs (C(OH)–C–C–N with tert-alkyl or cyclic N) is 1. The quantitative estimate of drug-likeness (QED) is 0.709. The summed E-state index contributed by atoms with van der Waals surface area (Å²) in [7, 11) is 0. The highest BCUT2D eigenvalue weighted by molar-refractivity contribution is 4.85. The fourth-order valence-electron chi connectivity index (χ4n) is 1.76. The van der Waals surface area contributed by atoms with Crippen LogP contribution in [-0.2, 0) is 0 Å². The van der Waals surface area contributed by atoms with E-state index in [4.69, 9.17) is 10.8 Å². The standard InChI is InChI=1S/C8H15F3N2O/c9-8(10,11)7(1-3-12)13-4-2-6(14)5-13/h6-7,14H,1-5,12H2. The zero-order valence-corrected chi connectivity index (χ0v) is 7.80. The molecule has 3 N–H and O–H groups in total. The number of alkyl halides is 3. The van der Waals surface area contributed by atoms with Crippen LogP contribution in [0.15, 0.2) is 0 Å². The average Bonchev–Trinajstić information content (AvgIpc) is 2.45. The maximum atomic E-state index is 12.5. The van der Waals surface area contributed by atoms with Crippen molar-refractivity contribution in [3.05, 3.63) is 0 Å². The molecule has 1 aliphatic rings. The molecule has 1 rings (SSSR count). The van der Waals surface area contributed by atoms with E-state index in [1.807, 2.05) is 0 Å². The number of aliphatic hydroxyl groups is 1. The van der Waals surface area contributed by atoms with Gasteiger partial charge in [-0.1, -0.05) is 0 Å². The number of hydrogen-bond donors (Lipinski definition) is 2. The number of rotatable bonds is 3. The van der Waals surface area contributed by atoms with E-state index in [-0.39, 0.29) is 19.5 Å². The van der Waals surface area contributed by atoms with Crippen molar-refractivity contribution >= 4 is 0 Å². The molecule has 2 unspecified atom stereocenters. The Labute approximate surface area is 80.7 Å². The van der Waals surface area contributed by atoms with Gasteiger partial charge in [0.25, 0.3) is 0 Å².